The van der Waals surface area contributed by atoms with Gasteiger partial charge < -0.3 is 5.32 Å². The molecule has 2 aromatic rings. The quantitative estimate of drug-likeness (QED) is 0.808. The Morgan fingerprint density at radius 1 is 1.26 bits per heavy atom. The van der Waals surface area contributed by atoms with Gasteiger partial charge in [0, 0.05) is 14.8 Å². The van der Waals surface area contributed by atoms with Crippen molar-refractivity contribution in [1.82, 2.24) is 5.32 Å². The van der Waals surface area contributed by atoms with Gasteiger partial charge in [-0.05, 0) is 56.1 Å². The number of hydrogen-bond acceptors (Lipinski definition) is 2. The second-order valence-electron chi connectivity index (χ2n) is 4.85. The van der Waals surface area contributed by atoms with Gasteiger partial charge in [0.05, 0.1) is 6.04 Å². The first kappa shape index (κ1) is 14.6. The van der Waals surface area contributed by atoms with E-state index in [0.29, 0.717) is 0 Å². The Bertz CT molecular complexity index is 547. The molecule has 1 atom stereocenters. The van der Waals surface area contributed by atoms with Gasteiger partial charge in [-0.2, -0.15) is 0 Å². The summed E-state index contributed by atoms with van der Waals surface area (Å²) in [4.78, 5) is 2.76. The molecule has 2 rings (SSSR count). The minimum atomic E-state index is 0.248. The Kier molecular flexibility index (Phi) is 5.03. The van der Waals surface area contributed by atoms with Gasteiger partial charge in [-0.15, -0.1) is 11.3 Å². The molecular formula is C16H20ClNS. The number of nitrogens with one attached hydrogen (secondary N) is 1. The summed E-state index contributed by atoms with van der Waals surface area (Å²) in [5.74, 6) is 0. The lowest BCUT2D eigenvalue weighted by atomic mass is 10.0. The predicted octanol–water partition coefficient (Wildman–Crippen LogP) is 5.11. The minimum Gasteiger partial charge on any atom is -0.306 e. The molecule has 1 unspecified atom stereocenters. The average Bonchev–Trinajstić information content (AvgIpc) is 2.69. The number of rotatable bonds is 5. The summed E-state index contributed by atoms with van der Waals surface area (Å²) in [5, 5.41) is 4.43. The van der Waals surface area contributed by atoms with Crippen molar-refractivity contribution in [3.8, 4) is 0 Å². The normalized spacial score (nSPS) is 12.6. The fourth-order valence-corrected chi connectivity index (χ4v) is 3.62. The number of hydrogen-bond donors (Lipinski definition) is 1. The van der Waals surface area contributed by atoms with Crippen LogP contribution in [0.1, 0.15) is 40.3 Å². The fraction of sp³-hybridized carbons (Fsp3) is 0.375. The van der Waals surface area contributed by atoms with E-state index in [-0.39, 0.29) is 6.04 Å². The number of halogens is 1. The van der Waals surface area contributed by atoms with Gasteiger partial charge in [0.2, 0.25) is 0 Å². The molecule has 0 bridgehead atoms. The highest BCUT2D eigenvalue weighted by Gasteiger charge is 2.17. The van der Waals surface area contributed by atoms with Crippen LogP contribution in [0.4, 0.5) is 0 Å². The maximum Gasteiger partial charge on any atom is 0.0674 e. The summed E-state index contributed by atoms with van der Waals surface area (Å²) in [5.41, 5.74) is 2.60. The molecular weight excluding hydrogens is 274 g/mol. The molecule has 1 nitrogen and oxygen atoms in total. The Labute approximate surface area is 124 Å². The van der Waals surface area contributed by atoms with Gasteiger partial charge in [0.25, 0.3) is 0 Å². The lowest BCUT2D eigenvalue weighted by Gasteiger charge is -2.19. The van der Waals surface area contributed by atoms with E-state index in [4.69, 9.17) is 11.6 Å². The van der Waals surface area contributed by atoms with E-state index >= 15 is 0 Å². The Morgan fingerprint density at radius 3 is 2.63 bits per heavy atom. The molecule has 0 aliphatic rings. The van der Waals surface area contributed by atoms with Crippen molar-refractivity contribution in [3.63, 3.8) is 0 Å². The Morgan fingerprint density at radius 2 is 2.05 bits per heavy atom. The third kappa shape index (κ3) is 3.59. The highest BCUT2D eigenvalue weighted by atomic mass is 35.5. The van der Waals surface area contributed by atoms with Gasteiger partial charge >= 0.3 is 0 Å². The standard InChI is InChI=1S/C16H20ClNS/c1-4-8-18-15(13-6-5-7-14(17)10-13)16-11(2)9-12(3)19-16/h5-7,9-10,15,18H,4,8H2,1-3H3. The molecule has 3 heteroatoms. The first-order valence-electron chi connectivity index (χ1n) is 6.67. The lowest BCUT2D eigenvalue weighted by molar-refractivity contribution is 0.604. The maximum atomic E-state index is 6.13. The van der Waals surface area contributed by atoms with Crippen molar-refractivity contribution < 1.29 is 0 Å². The highest BCUT2D eigenvalue weighted by molar-refractivity contribution is 7.12. The van der Waals surface area contributed by atoms with Crippen LogP contribution < -0.4 is 5.32 Å². The van der Waals surface area contributed by atoms with E-state index in [0.717, 1.165) is 18.0 Å². The second-order valence-corrected chi connectivity index (χ2v) is 6.57. The van der Waals surface area contributed by atoms with Gasteiger partial charge in [-0.1, -0.05) is 30.7 Å². The molecule has 0 fully saturated rings. The van der Waals surface area contributed by atoms with E-state index in [1.54, 1.807) is 0 Å². The van der Waals surface area contributed by atoms with Crippen LogP contribution in [-0.4, -0.2) is 6.54 Å². The van der Waals surface area contributed by atoms with E-state index in [1.165, 1.54) is 20.9 Å². The largest absolute Gasteiger partial charge is 0.306 e. The first-order valence-corrected chi connectivity index (χ1v) is 7.87. The van der Waals surface area contributed by atoms with E-state index in [1.807, 2.05) is 23.5 Å². The molecule has 0 saturated carbocycles. The van der Waals surface area contributed by atoms with Crippen molar-refractivity contribution in [2.75, 3.05) is 6.54 Å². The first-order chi connectivity index (χ1) is 9.11. The van der Waals surface area contributed by atoms with Crippen molar-refractivity contribution in [2.45, 2.75) is 33.2 Å². The van der Waals surface area contributed by atoms with Crippen LogP contribution in [0.5, 0.6) is 0 Å². The van der Waals surface area contributed by atoms with Crippen LogP contribution in [0.25, 0.3) is 0 Å². The molecule has 0 saturated heterocycles. The summed E-state index contributed by atoms with van der Waals surface area (Å²) < 4.78 is 0. The van der Waals surface area contributed by atoms with E-state index < -0.39 is 0 Å². The molecule has 1 aromatic heterocycles. The van der Waals surface area contributed by atoms with Crippen LogP contribution >= 0.6 is 22.9 Å². The minimum absolute atomic E-state index is 0.248. The molecule has 0 spiro atoms. The zero-order valence-electron chi connectivity index (χ0n) is 11.7. The smallest absolute Gasteiger partial charge is 0.0674 e. The highest BCUT2D eigenvalue weighted by Crippen LogP contribution is 2.32. The van der Waals surface area contributed by atoms with E-state index in [9.17, 15) is 0 Å². The molecule has 0 amide bonds. The molecule has 102 valence electrons. The van der Waals surface area contributed by atoms with Crippen LogP contribution in [0, 0.1) is 13.8 Å². The molecule has 0 aliphatic carbocycles. The van der Waals surface area contributed by atoms with Gasteiger partial charge in [0.15, 0.2) is 0 Å². The van der Waals surface area contributed by atoms with Crippen LogP contribution in [0.2, 0.25) is 5.02 Å². The molecule has 1 aromatic carbocycles. The average molecular weight is 294 g/mol. The van der Waals surface area contributed by atoms with Crippen molar-refractivity contribution in [1.29, 1.82) is 0 Å². The van der Waals surface area contributed by atoms with Gasteiger partial charge in [0.1, 0.15) is 0 Å². The molecule has 1 heterocycles. The monoisotopic (exact) mass is 293 g/mol. The number of thiophene rings is 1. The summed E-state index contributed by atoms with van der Waals surface area (Å²) >= 11 is 8.00. The molecule has 19 heavy (non-hydrogen) atoms. The van der Waals surface area contributed by atoms with Crippen molar-refractivity contribution in [3.05, 3.63) is 56.2 Å². The molecule has 0 radical (unpaired) electrons. The zero-order chi connectivity index (χ0) is 13.8. The van der Waals surface area contributed by atoms with Gasteiger partial charge in [-0.3, -0.25) is 0 Å². The van der Waals surface area contributed by atoms with E-state index in [2.05, 4.69) is 44.3 Å². The Balaban J connectivity index is 2.38. The summed E-state index contributed by atoms with van der Waals surface area (Å²) in [6, 6.07) is 10.7. The van der Waals surface area contributed by atoms with Crippen LogP contribution in [0.15, 0.2) is 30.3 Å². The topological polar surface area (TPSA) is 12.0 Å². The number of aryl methyl sites for hydroxylation is 2. The summed E-state index contributed by atoms with van der Waals surface area (Å²) in [6.07, 6.45) is 1.13. The zero-order valence-corrected chi connectivity index (χ0v) is 13.2. The van der Waals surface area contributed by atoms with Crippen molar-refractivity contribution >= 4 is 22.9 Å². The maximum absolute atomic E-state index is 6.13. The molecule has 1 N–H and O–H groups in total. The number of benzene rings is 1. The predicted molar refractivity (Wildman–Crippen MR) is 85.4 cm³/mol. The summed E-state index contributed by atoms with van der Waals surface area (Å²) in [6.45, 7) is 7.54. The Hall–Kier alpha value is -0.830. The van der Waals surface area contributed by atoms with Crippen LogP contribution in [0.3, 0.4) is 0 Å². The third-order valence-electron chi connectivity index (χ3n) is 3.12. The SMILES string of the molecule is CCCNC(c1cccc(Cl)c1)c1sc(C)cc1C. The third-order valence-corrected chi connectivity index (χ3v) is 4.57. The van der Waals surface area contributed by atoms with Crippen molar-refractivity contribution in [2.24, 2.45) is 0 Å². The molecule has 0 aliphatic heterocycles. The lowest BCUT2D eigenvalue weighted by Crippen LogP contribution is -2.22. The van der Waals surface area contributed by atoms with Crippen LogP contribution in [-0.2, 0) is 0 Å². The van der Waals surface area contributed by atoms with Gasteiger partial charge in [-0.25, -0.2) is 0 Å². The summed E-state index contributed by atoms with van der Waals surface area (Å²) in [7, 11) is 0. The second kappa shape index (κ2) is 6.56. The fourth-order valence-electron chi connectivity index (χ4n) is 2.28.